The Hall–Kier alpha value is -0.920. The molecule has 140 valence electrons. The van der Waals surface area contributed by atoms with Crippen LogP contribution < -0.4 is 0 Å². The summed E-state index contributed by atoms with van der Waals surface area (Å²) in [5.74, 6) is -0.151. The number of hydrogen-bond donors (Lipinski definition) is 0. The average Bonchev–Trinajstić information content (AvgIpc) is 2.62. The molecule has 1 atom stereocenters. The van der Waals surface area contributed by atoms with E-state index in [4.69, 9.17) is 0 Å². The van der Waals surface area contributed by atoms with Crippen LogP contribution in [0.2, 0.25) is 0 Å². The van der Waals surface area contributed by atoms with Gasteiger partial charge in [0, 0.05) is 30.7 Å². The highest BCUT2D eigenvalue weighted by atomic mass is 79.9. The summed E-state index contributed by atoms with van der Waals surface area (Å²) in [6.45, 7) is 6.26. The van der Waals surface area contributed by atoms with Crippen molar-refractivity contribution in [1.82, 2.24) is 9.21 Å². The molecule has 1 aliphatic rings. The molecule has 0 aromatic heterocycles. The van der Waals surface area contributed by atoms with Crippen molar-refractivity contribution in [3.63, 3.8) is 0 Å². The Morgan fingerprint density at radius 2 is 1.96 bits per heavy atom. The van der Waals surface area contributed by atoms with E-state index in [0.29, 0.717) is 13.1 Å². The van der Waals surface area contributed by atoms with Crippen molar-refractivity contribution >= 4 is 31.9 Å². The first-order valence-electron chi connectivity index (χ1n) is 8.94. The Morgan fingerprint density at radius 3 is 2.56 bits per heavy atom. The summed E-state index contributed by atoms with van der Waals surface area (Å²) in [4.78, 5) is 14.9. The summed E-state index contributed by atoms with van der Waals surface area (Å²) in [6, 6.07) is 6.65. The number of sulfonamides is 1. The largest absolute Gasteiger partial charge is 0.343 e. The van der Waals surface area contributed by atoms with E-state index in [2.05, 4.69) is 22.9 Å². The third-order valence-electron chi connectivity index (χ3n) is 4.66. The van der Waals surface area contributed by atoms with Crippen LogP contribution >= 0.6 is 15.9 Å². The van der Waals surface area contributed by atoms with Crippen molar-refractivity contribution in [3.05, 3.63) is 28.7 Å². The van der Waals surface area contributed by atoms with E-state index in [0.717, 1.165) is 36.7 Å². The normalized spacial score (nSPS) is 18.9. The number of nitrogens with zero attached hydrogens (tertiary/aromatic N) is 2. The quantitative estimate of drug-likeness (QED) is 0.664. The number of rotatable bonds is 7. The van der Waals surface area contributed by atoms with Crippen molar-refractivity contribution in [2.45, 2.75) is 44.4 Å². The van der Waals surface area contributed by atoms with E-state index in [1.54, 1.807) is 24.3 Å². The maximum Gasteiger partial charge on any atom is 0.243 e. The molecule has 1 aromatic carbocycles. The van der Waals surface area contributed by atoms with Crippen LogP contribution in [0.15, 0.2) is 33.6 Å². The van der Waals surface area contributed by atoms with Gasteiger partial charge in [-0.2, -0.15) is 4.31 Å². The second-order valence-electron chi connectivity index (χ2n) is 6.43. The zero-order chi connectivity index (χ0) is 18.4. The molecule has 2 rings (SSSR count). The minimum atomic E-state index is -3.55. The lowest BCUT2D eigenvalue weighted by molar-refractivity contribution is -0.136. The summed E-state index contributed by atoms with van der Waals surface area (Å²) in [7, 11) is -3.55. The summed E-state index contributed by atoms with van der Waals surface area (Å²) in [5, 5.41) is 0. The molecule has 5 nitrogen and oxygen atoms in total. The molecule has 1 amide bonds. The standard InChI is InChI=1S/C18H27BrN2O3S/c1-3-5-12-20(4-2)18(22)15-7-6-13-21(14-15)25(23,24)17-10-8-16(19)9-11-17/h8-11,15H,3-7,12-14H2,1-2H3. The number of carbonyl (C=O) groups excluding carboxylic acids is 1. The first-order chi connectivity index (χ1) is 11.9. The Balaban J connectivity index is 2.11. The number of piperidine rings is 1. The molecule has 0 spiro atoms. The fourth-order valence-electron chi connectivity index (χ4n) is 3.15. The molecule has 0 bridgehead atoms. The first-order valence-corrected chi connectivity index (χ1v) is 11.2. The van der Waals surface area contributed by atoms with Gasteiger partial charge in [-0.05, 0) is 50.5 Å². The van der Waals surface area contributed by atoms with Crippen molar-refractivity contribution < 1.29 is 13.2 Å². The molecule has 0 saturated carbocycles. The Labute approximate surface area is 159 Å². The predicted molar refractivity (Wildman–Crippen MR) is 103 cm³/mol. The van der Waals surface area contributed by atoms with Gasteiger partial charge >= 0.3 is 0 Å². The van der Waals surface area contributed by atoms with Gasteiger partial charge < -0.3 is 4.90 Å². The number of benzene rings is 1. The van der Waals surface area contributed by atoms with Crippen LogP contribution in [0, 0.1) is 5.92 Å². The van der Waals surface area contributed by atoms with Crippen LogP contribution in [0.3, 0.4) is 0 Å². The lowest BCUT2D eigenvalue weighted by Gasteiger charge is -2.34. The van der Waals surface area contributed by atoms with Crippen molar-refractivity contribution in [3.8, 4) is 0 Å². The van der Waals surface area contributed by atoms with Gasteiger partial charge in [0.1, 0.15) is 0 Å². The second kappa shape index (κ2) is 9.14. The predicted octanol–water partition coefficient (Wildman–Crippen LogP) is 3.50. The molecule has 0 N–H and O–H groups in total. The van der Waals surface area contributed by atoms with E-state index in [-0.39, 0.29) is 23.3 Å². The van der Waals surface area contributed by atoms with Gasteiger partial charge in [-0.15, -0.1) is 0 Å². The van der Waals surface area contributed by atoms with E-state index >= 15 is 0 Å². The molecule has 1 unspecified atom stereocenters. The van der Waals surface area contributed by atoms with Gasteiger partial charge in [0.2, 0.25) is 15.9 Å². The van der Waals surface area contributed by atoms with Crippen LogP contribution in [-0.4, -0.2) is 49.7 Å². The lowest BCUT2D eigenvalue weighted by atomic mass is 9.98. The van der Waals surface area contributed by atoms with Gasteiger partial charge in [0.25, 0.3) is 0 Å². The number of carbonyl (C=O) groups is 1. The third kappa shape index (κ3) is 5.05. The monoisotopic (exact) mass is 430 g/mol. The highest BCUT2D eigenvalue weighted by molar-refractivity contribution is 9.10. The third-order valence-corrected chi connectivity index (χ3v) is 7.07. The van der Waals surface area contributed by atoms with E-state index < -0.39 is 10.0 Å². The van der Waals surface area contributed by atoms with Crippen LogP contribution in [0.4, 0.5) is 0 Å². The number of halogens is 1. The number of hydrogen-bond acceptors (Lipinski definition) is 3. The zero-order valence-electron chi connectivity index (χ0n) is 14.9. The molecule has 1 heterocycles. The molecule has 1 aromatic rings. The van der Waals surface area contributed by atoms with Crippen molar-refractivity contribution in [1.29, 1.82) is 0 Å². The van der Waals surface area contributed by atoms with Gasteiger partial charge in [0.05, 0.1) is 10.8 Å². The average molecular weight is 431 g/mol. The molecule has 7 heteroatoms. The highest BCUT2D eigenvalue weighted by Crippen LogP contribution is 2.26. The SMILES string of the molecule is CCCCN(CC)C(=O)C1CCCN(S(=O)(=O)c2ccc(Br)cc2)C1. The minimum Gasteiger partial charge on any atom is -0.343 e. The number of amides is 1. The van der Waals surface area contributed by atoms with E-state index in [9.17, 15) is 13.2 Å². The Morgan fingerprint density at radius 1 is 1.28 bits per heavy atom. The summed E-state index contributed by atoms with van der Waals surface area (Å²) in [5.41, 5.74) is 0. The fourth-order valence-corrected chi connectivity index (χ4v) is 4.94. The van der Waals surface area contributed by atoms with Crippen LogP contribution in [0.25, 0.3) is 0 Å². The fraction of sp³-hybridized carbons (Fsp3) is 0.611. The maximum absolute atomic E-state index is 12.9. The lowest BCUT2D eigenvalue weighted by Crippen LogP contribution is -2.46. The van der Waals surface area contributed by atoms with Gasteiger partial charge in [-0.3, -0.25) is 4.79 Å². The van der Waals surface area contributed by atoms with Crippen LogP contribution in [0.5, 0.6) is 0 Å². The van der Waals surface area contributed by atoms with Crippen LogP contribution in [0.1, 0.15) is 39.5 Å². The highest BCUT2D eigenvalue weighted by Gasteiger charge is 2.34. The first kappa shape index (κ1) is 20.4. The smallest absolute Gasteiger partial charge is 0.243 e. The van der Waals surface area contributed by atoms with Crippen molar-refractivity contribution in [2.75, 3.05) is 26.2 Å². The van der Waals surface area contributed by atoms with Crippen molar-refractivity contribution in [2.24, 2.45) is 5.92 Å². The van der Waals surface area contributed by atoms with Gasteiger partial charge in [0.15, 0.2) is 0 Å². The molecule has 25 heavy (non-hydrogen) atoms. The summed E-state index contributed by atoms with van der Waals surface area (Å²) >= 11 is 3.32. The zero-order valence-corrected chi connectivity index (χ0v) is 17.4. The molecular formula is C18H27BrN2O3S. The van der Waals surface area contributed by atoms with Gasteiger partial charge in [-0.1, -0.05) is 29.3 Å². The van der Waals surface area contributed by atoms with Crippen LogP contribution in [-0.2, 0) is 14.8 Å². The minimum absolute atomic E-state index is 0.0895. The Kier molecular flexibility index (Phi) is 7.46. The molecule has 0 aliphatic carbocycles. The second-order valence-corrected chi connectivity index (χ2v) is 9.28. The Bertz CT molecular complexity index is 676. The molecule has 1 saturated heterocycles. The van der Waals surface area contributed by atoms with Gasteiger partial charge in [-0.25, -0.2) is 8.42 Å². The molecule has 0 radical (unpaired) electrons. The molecular weight excluding hydrogens is 404 g/mol. The van der Waals surface area contributed by atoms with E-state index in [1.807, 2.05) is 11.8 Å². The number of unbranched alkanes of at least 4 members (excludes halogenated alkanes) is 1. The summed E-state index contributed by atoms with van der Waals surface area (Å²) < 4.78 is 28.0. The molecule has 1 aliphatic heterocycles. The topological polar surface area (TPSA) is 57.7 Å². The molecule has 1 fully saturated rings. The summed E-state index contributed by atoms with van der Waals surface area (Å²) in [6.07, 6.45) is 3.50. The maximum atomic E-state index is 12.9. The van der Waals surface area contributed by atoms with E-state index in [1.165, 1.54) is 4.31 Å².